The van der Waals surface area contributed by atoms with E-state index in [4.69, 9.17) is 13.9 Å². The molecule has 2 aliphatic rings. The molecule has 5 rings (SSSR count). The van der Waals surface area contributed by atoms with Crippen LogP contribution >= 0.6 is 0 Å². The third-order valence-corrected chi connectivity index (χ3v) is 6.50. The molecule has 1 saturated heterocycles. The lowest BCUT2D eigenvalue weighted by molar-refractivity contribution is 0.0353. The van der Waals surface area contributed by atoms with Gasteiger partial charge in [-0.2, -0.15) is 0 Å². The second-order valence-corrected chi connectivity index (χ2v) is 8.68. The smallest absolute Gasteiger partial charge is 0.290 e. The van der Waals surface area contributed by atoms with Gasteiger partial charge in [0.05, 0.1) is 36.8 Å². The predicted octanol–water partition coefficient (Wildman–Crippen LogP) is 3.30. The molecule has 184 valence electrons. The zero-order valence-corrected chi connectivity index (χ0v) is 19.5. The lowest BCUT2D eigenvalue weighted by atomic mass is 9.98. The first-order chi connectivity index (χ1) is 17.0. The lowest BCUT2D eigenvalue weighted by Crippen LogP contribution is -2.38. The number of morpholine rings is 1. The number of ether oxygens (including phenoxy) is 2. The van der Waals surface area contributed by atoms with Gasteiger partial charge in [-0.05, 0) is 49.2 Å². The molecular formula is C26H27FN2O6. The summed E-state index contributed by atoms with van der Waals surface area (Å²) in [6.07, 6.45) is 0.689. The molecular weight excluding hydrogens is 455 g/mol. The van der Waals surface area contributed by atoms with E-state index in [2.05, 4.69) is 4.90 Å². The number of amides is 1. The molecule has 0 aliphatic carbocycles. The fourth-order valence-corrected chi connectivity index (χ4v) is 4.83. The maximum atomic E-state index is 14.0. The van der Waals surface area contributed by atoms with Crippen LogP contribution in [0, 0.1) is 5.82 Å². The van der Waals surface area contributed by atoms with Gasteiger partial charge < -0.3 is 23.9 Å². The highest BCUT2D eigenvalue weighted by atomic mass is 19.1. The van der Waals surface area contributed by atoms with Crippen molar-refractivity contribution < 1.29 is 28.2 Å². The van der Waals surface area contributed by atoms with Crippen LogP contribution in [-0.2, 0) is 4.74 Å². The predicted molar refractivity (Wildman–Crippen MR) is 126 cm³/mol. The molecule has 35 heavy (non-hydrogen) atoms. The Bertz CT molecular complexity index is 1320. The number of fused-ring (bicyclic) bond motifs is 2. The van der Waals surface area contributed by atoms with Gasteiger partial charge in [0.2, 0.25) is 5.76 Å². The van der Waals surface area contributed by atoms with Gasteiger partial charge in [-0.3, -0.25) is 14.5 Å². The SMILES string of the molecule is CCOc1cc(C2c3c(oc4ccc(F)cc4c3=O)C(=O)N2CCCN2CCOCC2)ccc1O. The number of hydrogen-bond acceptors (Lipinski definition) is 7. The number of aromatic hydroxyl groups is 1. The molecule has 3 aromatic rings. The van der Waals surface area contributed by atoms with Gasteiger partial charge in [-0.15, -0.1) is 0 Å². The number of carbonyl (C=O) groups is 1. The largest absolute Gasteiger partial charge is 0.504 e. The normalized spacial score (nSPS) is 18.3. The monoisotopic (exact) mass is 482 g/mol. The van der Waals surface area contributed by atoms with E-state index in [-0.39, 0.29) is 39.7 Å². The van der Waals surface area contributed by atoms with Crippen molar-refractivity contribution in [1.82, 2.24) is 9.80 Å². The molecule has 1 fully saturated rings. The molecule has 1 amide bonds. The maximum Gasteiger partial charge on any atom is 0.290 e. The molecule has 9 heteroatoms. The van der Waals surface area contributed by atoms with Crippen LogP contribution in [0.2, 0.25) is 0 Å². The average molecular weight is 483 g/mol. The molecule has 0 spiro atoms. The number of carbonyl (C=O) groups excluding carboxylic acids is 1. The van der Waals surface area contributed by atoms with Crippen LogP contribution in [0.15, 0.2) is 45.6 Å². The van der Waals surface area contributed by atoms with Gasteiger partial charge in [-0.25, -0.2) is 4.39 Å². The Morgan fingerprint density at radius 2 is 1.91 bits per heavy atom. The summed E-state index contributed by atoms with van der Waals surface area (Å²) >= 11 is 0. The first kappa shape index (κ1) is 23.3. The van der Waals surface area contributed by atoms with Gasteiger partial charge in [-0.1, -0.05) is 6.07 Å². The van der Waals surface area contributed by atoms with Crippen molar-refractivity contribution in [3.63, 3.8) is 0 Å². The average Bonchev–Trinajstić information content (AvgIpc) is 3.14. The van der Waals surface area contributed by atoms with Crippen LogP contribution in [0.5, 0.6) is 11.5 Å². The Morgan fingerprint density at radius 3 is 2.69 bits per heavy atom. The van der Waals surface area contributed by atoms with Crippen LogP contribution in [0.1, 0.15) is 41.1 Å². The van der Waals surface area contributed by atoms with Crippen molar-refractivity contribution in [1.29, 1.82) is 0 Å². The van der Waals surface area contributed by atoms with Crippen molar-refractivity contribution in [3.05, 3.63) is 69.3 Å². The van der Waals surface area contributed by atoms with Crippen molar-refractivity contribution in [2.24, 2.45) is 0 Å². The first-order valence-electron chi connectivity index (χ1n) is 11.8. The van der Waals surface area contributed by atoms with Crippen molar-refractivity contribution in [2.75, 3.05) is 46.0 Å². The Kier molecular flexibility index (Phi) is 6.44. The standard InChI is InChI=1S/C26H27FN2O6/c1-2-34-21-14-16(4-6-19(21)30)23-22-24(31)18-15-17(27)5-7-20(18)35-25(22)26(32)29(23)9-3-8-28-10-12-33-13-11-28/h4-7,14-15,23,30H,2-3,8-13H2,1H3. The summed E-state index contributed by atoms with van der Waals surface area (Å²) in [6, 6.07) is 7.73. The van der Waals surface area contributed by atoms with Crippen LogP contribution in [0.4, 0.5) is 4.39 Å². The minimum absolute atomic E-state index is 0.0310. The number of rotatable bonds is 7. The molecule has 0 saturated carbocycles. The topological polar surface area (TPSA) is 92.5 Å². The summed E-state index contributed by atoms with van der Waals surface area (Å²) in [5.74, 6) is -0.754. The third-order valence-electron chi connectivity index (χ3n) is 6.50. The van der Waals surface area contributed by atoms with Gasteiger partial charge in [0, 0.05) is 26.2 Å². The fraction of sp³-hybridized carbons (Fsp3) is 0.385. The van der Waals surface area contributed by atoms with E-state index in [0.717, 1.165) is 25.7 Å². The molecule has 1 atom stereocenters. The highest BCUT2D eigenvalue weighted by Crippen LogP contribution is 2.40. The van der Waals surface area contributed by atoms with E-state index in [1.807, 2.05) is 0 Å². The number of nitrogens with zero attached hydrogens (tertiary/aromatic N) is 2. The Labute approximate surface area is 201 Å². The number of halogens is 1. The number of hydrogen-bond donors (Lipinski definition) is 1. The molecule has 3 heterocycles. The number of benzene rings is 2. The first-order valence-corrected chi connectivity index (χ1v) is 11.8. The Balaban J connectivity index is 1.56. The molecule has 0 radical (unpaired) electrons. The molecule has 1 unspecified atom stereocenters. The number of phenols is 1. The summed E-state index contributed by atoms with van der Waals surface area (Å²) in [4.78, 5) is 30.9. The number of phenolic OH excluding ortho intramolecular Hbond substituents is 1. The van der Waals surface area contributed by atoms with E-state index >= 15 is 0 Å². The maximum absolute atomic E-state index is 14.0. The summed E-state index contributed by atoms with van der Waals surface area (Å²) in [5, 5.41) is 10.3. The second-order valence-electron chi connectivity index (χ2n) is 8.68. The van der Waals surface area contributed by atoms with Crippen LogP contribution in [0.25, 0.3) is 11.0 Å². The summed E-state index contributed by atoms with van der Waals surface area (Å²) in [7, 11) is 0. The minimum atomic E-state index is -0.745. The zero-order valence-electron chi connectivity index (χ0n) is 19.5. The van der Waals surface area contributed by atoms with Crippen LogP contribution < -0.4 is 10.2 Å². The zero-order chi connectivity index (χ0) is 24.5. The van der Waals surface area contributed by atoms with Crippen molar-refractivity contribution in [2.45, 2.75) is 19.4 Å². The van der Waals surface area contributed by atoms with Gasteiger partial charge in [0.1, 0.15) is 11.4 Å². The fourth-order valence-electron chi connectivity index (χ4n) is 4.83. The second kappa shape index (κ2) is 9.67. The molecule has 1 N–H and O–H groups in total. The molecule has 2 aliphatic heterocycles. The van der Waals surface area contributed by atoms with E-state index < -0.39 is 17.3 Å². The van der Waals surface area contributed by atoms with E-state index in [0.29, 0.717) is 38.3 Å². The van der Waals surface area contributed by atoms with Crippen molar-refractivity contribution in [3.8, 4) is 11.5 Å². The lowest BCUT2D eigenvalue weighted by Gasteiger charge is -2.29. The van der Waals surface area contributed by atoms with Gasteiger partial charge in [0.15, 0.2) is 16.9 Å². The van der Waals surface area contributed by atoms with Gasteiger partial charge in [0.25, 0.3) is 5.91 Å². The summed E-state index contributed by atoms with van der Waals surface area (Å²) < 4.78 is 30.8. The highest BCUT2D eigenvalue weighted by Gasteiger charge is 2.42. The van der Waals surface area contributed by atoms with E-state index in [1.54, 1.807) is 24.0 Å². The summed E-state index contributed by atoms with van der Waals surface area (Å²) in [6.45, 7) is 6.36. The van der Waals surface area contributed by atoms with Crippen LogP contribution in [0.3, 0.4) is 0 Å². The molecule has 0 bridgehead atoms. The molecule has 8 nitrogen and oxygen atoms in total. The Hall–Kier alpha value is -3.43. The minimum Gasteiger partial charge on any atom is -0.504 e. The Morgan fingerprint density at radius 1 is 1.11 bits per heavy atom. The molecule has 1 aromatic heterocycles. The van der Waals surface area contributed by atoms with Crippen molar-refractivity contribution >= 4 is 16.9 Å². The quantitative estimate of drug-likeness (QED) is 0.552. The summed E-state index contributed by atoms with van der Waals surface area (Å²) in [5.41, 5.74) is 0.499. The van der Waals surface area contributed by atoms with E-state index in [9.17, 15) is 19.1 Å². The van der Waals surface area contributed by atoms with Crippen LogP contribution in [-0.4, -0.2) is 66.8 Å². The molecule has 2 aromatic carbocycles. The third kappa shape index (κ3) is 4.37. The van der Waals surface area contributed by atoms with E-state index in [1.165, 1.54) is 18.2 Å². The highest BCUT2D eigenvalue weighted by molar-refractivity contribution is 5.99. The van der Waals surface area contributed by atoms with Gasteiger partial charge >= 0.3 is 0 Å².